The lowest BCUT2D eigenvalue weighted by molar-refractivity contribution is 0.253. The lowest BCUT2D eigenvalue weighted by Crippen LogP contribution is -2.40. The topological polar surface area (TPSA) is 55.5 Å². The molecule has 5 nitrogen and oxygen atoms in total. The van der Waals surface area contributed by atoms with Crippen molar-refractivity contribution in [2.24, 2.45) is 4.99 Å². The highest BCUT2D eigenvalue weighted by Gasteiger charge is 2.28. The van der Waals surface area contributed by atoms with Gasteiger partial charge in [0, 0.05) is 42.3 Å². The summed E-state index contributed by atoms with van der Waals surface area (Å²) < 4.78 is 13.3. The van der Waals surface area contributed by atoms with E-state index in [1.165, 1.54) is 30.5 Å². The Kier molecular flexibility index (Phi) is 6.14. The monoisotopic (exact) mass is 359 g/mol. The highest BCUT2D eigenvalue weighted by atomic mass is 19.1. The predicted molar refractivity (Wildman–Crippen MR) is 106 cm³/mol. The lowest BCUT2D eigenvalue weighted by atomic mass is 10.1. The van der Waals surface area contributed by atoms with Crippen LogP contribution in [0.1, 0.15) is 32.3 Å². The molecule has 142 valence electrons. The summed E-state index contributed by atoms with van der Waals surface area (Å²) in [7, 11) is 2.19. The van der Waals surface area contributed by atoms with Gasteiger partial charge in [-0.05, 0) is 63.9 Å². The average Bonchev–Trinajstić information content (AvgIpc) is 3.40. The summed E-state index contributed by atoms with van der Waals surface area (Å²) in [6.07, 6.45) is 5.45. The maximum atomic E-state index is 13.3. The van der Waals surface area contributed by atoms with Crippen molar-refractivity contribution in [3.63, 3.8) is 0 Å². The summed E-state index contributed by atoms with van der Waals surface area (Å²) in [5.74, 6) is 0.644. The summed E-state index contributed by atoms with van der Waals surface area (Å²) in [6.45, 7) is 6.71. The number of benzene rings is 1. The van der Waals surface area contributed by atoms with Crippen LogP contribution in [0.4, 0.5) is 4.39 Å². The first kappa shape index (κ1) is 18.7. The van der Waals surface area contributed by atoms with Crippen LogP contribution in [0, 0.1) is 5.82 Å². The zero-order valence-corrected chi connectivity index (χ0v) is 16.0. The second-order valence-corrected chi connectivity index (χ2v) is 7.15. The van der Waals surface area contributed by atoms with E-state index >= 15 is 0 Å². The molecule has 3 rings (SSSR count). The van der Waals surface area contributed by atoms with Crippen LogP contribution in [0.15, 0.2) is 29.4 Å². The van der Waals surface area contributed by atoms with E-state index in [9.17, 15) is 4.39 Å². The predicted octanol–water partition coefficient (Wildman–Crippen LogP) is 2.89. The van der Waals surface area contributed by atoms with Crippen LogP contribution in [-0.4, -0.2) is 54.6 Å². The van der Waals surface area contributed by atoms with Crippen LogP contribution in [0.25, 0.3) is 10.9 Å². The summed E-state index contributed by atoms with van der Waals surface area (Å²) in [5.41, 5.74) is 2.03. The molecule has 1 aromatic carbocycles. The van der Waals surface area contributed by atoms with Gasteiger partial charge in [0.1, 0.15) is 5.82 Å². The molecule has 6 heteroatoms. The zero-order chi connectivity index (χ0) is 18.5. The number of H-pyrrole nitrogens is 1. The van der Waals surface area contributed by atoms with E-state index in [4.69, 9.17) is 4.99 Å². The fourth-order valence-electron chi connectivity index (χ4n) is 3.22. The minimum Gasteiger partial charge on any atom is -0.361 e. The Morgan fingerprint density at radius 1 is 1.38 bits per heavy atom. The maximum absolute atomic E-state index is 13.3. The van der Waals surface area contributed by atoms with Crippen molar-refractivity contribution in [3.05, 3.63) is 35.8 Å². The Bertz CT molecular complexity index is 750. The molecule has 1 atom stereocenters. The van der Waals surface area contributed by atoms with Crippen molar-refractivity contribution in [3.8, 4) is 0 Å². The second kappa shape index (κ2) is 8.54. The number of halogens is 1. The molecule has 0 aliphatic heterocycles. The molecule has 0 saturated heterocycles. The minimum absolute atomic E-state index is 0.212. The van der Waals surface area contributed by atoms with Crippen molar-refractivity contribution in [2.75, 3.05) is 26.7 Å². The summed E-state index contributed by atoms with van der Waals surface area (Å²) >= 11 is 0. The molecule has 26 heavy (non-hydrogen) atoms. The third kappa shape index (κ3) is 4.75. The molecule has 0 spiro atoms. The second-order valence-electron chi connectivity index (χ2n) is 7.15. The molecular formula is C20H30FN5. The van der Waals surface area contributed by atoms with E-state index in [2.05, 4.69) is 41.4 Å². The van der Waals surface area contributed by atoms with E-state index in [-0.39, 0.29) is 5.82 Å². The van der Waals surface area contributed by atoms with Gasteiger partial charge in [-0.3, -0.25) is 9.89 Å². The highest BCUT2D eigenvalue weighted by molar-refractivity contribution is 5.83. The number of nitrogens with zero attached hydrogens (tertiary/aromatic N) is 2. The van der Waals surface area contributed by atoms with Gasteiger partial charge in [0.15, 0.2) is 5.96 Å². The van der Waals surface area contributed by atoms with E-state index in [0.717, 1.165) is 49.0 Å². The van der Waals surface area contributed by atoms with E-state index in [1.54, 1.807) is 0 Å². The number of likely N-dealkylation sites (N-methyl/N-ethyl adjacent to an activating group) is 1. The standard InChI is InChI=1S/C20H30FN5/c1-4-22-20(25-12-14(2)26(3)17-6-7-17)23-10-9-15-13-24-19-11-16(21)5-8-18(15)19/h5,8,11,13-14,17,24H,4,6-7,9-10,12H2,1-3H3,(H2,22,23,25). The van der Waals surface area contributed by atoms with E-state index in [1.807, 2.05) is 12.3 Å². The van der Waals surface area contributed by atoms with Gasteiger partial charge in [0.2, 0.25) is 0 Å². The van der Waals surface area contributed by atoms with Crippen LogP contribution in [0.5, 0.6) is 0 Å². The number of aromatic amines is 1. The fraction of sp³-hybridized carbons (Fsp3) is 0.550. The van der Waals surface area contributed by atoms with Crippen LogP contribution in [0.2, 0.25) is 0 Å². The van der Waals surface area contributed by atoms with Gasteiger partial charge in [0.05, 0.1) is 6.54 Å². The molecule has 1 unspecified atom stereocenters. The average molecular weight is 359 g/mol. The SMILES string of the molecule is CCNC(=NCC(C)N(C)C1CC1)NCCc1c[nH]c2cc(F)ccc12. The lowest BCUT2D eigenvalue weighted by Gasteiger charge is -2.23. The Labute approximate surface area is 155 Å². The summed E-state index contributed by atoms with van der Waals surface area (Å²) in [4.78, 5) is 10.3. The molecule has 3 N–H and O–H groups in total. The van der Waals surface area contributed by atoms with Crippen LogP contribution in [0.3, 0.4) is 0 Å². The van der Waals surface area contributed by atoms with Gasteiger partial charge in [-0.25, -0.2) is 4.39 Å². The van der Waals surface area contributed by atoms with Crippen LogP contribution >= 0.6 is 0 Å². The number of aliphatic imine (C=N–C) groups is 1. The molecule has 1 aliphatic carbocycles. The number of nitrogens with one attached hydrogen (secondary N) is 3. The van der Waals surface area contributed by atoms with Crippen molar-refractivity contribution < 1.29 is 4.39 Å². The van der Waals surface area contributed by atoms with E-state index < -0.39 is 0 Å². The molecular weight excluding hydrogens is 329 g/mol. The third-order valence-corrected chi connectivity index (χ3v) is 5.09. The molecule has 0 bridgehead atoms. The van der Waals surface area contributed by atoms with Crippen molar-refractivity contribution in [2.45, 2.75) is 45.2 Å². The third-order valence-electron chi connectivity index (χ3n) is 5.09. The number of hydrogen-bond acceptors (Lipinski definition) is 2. The number of fused-ring (bicyclic) bond motifs is 1. The fourth-order valence-corrected chi connectivity index (χ4v) is 3.22. The summed E-state index contributed by atoms with van der Waals surface area (Å²) in [5, 5.41) is 7.79. The smallest absolute Gasteiger partial charge is 0.191 e. The Hall–Kier alpha value is -2.08. The molecule has 1 heterocycles. The van der Waals surface area contributed by atoms with Gasteiger partial charge in [-0.15, -0.1) is 0 Å². The molecule has 1 fully saturated rings. The highest BCUT2D eigenvalue weighted by Crippen LogP contribution is 2.26. The number of rotatable bonds is 8. The Balaban J connectivity index is 1.53. The first-order valence-electron chi connectivity index (χ1n) is 9.58. The van der Waals surface area contributed by atoms with Gasteiger partial charge in [-0.1, -0.05) is 0 Å². The molecule has 0 amide bonds. The first-order valence-corrected chi connectivity index (χ1v) is 9.58. The van der Waals surface area contributed by atoms with Gasteiger partial charge in [-0.2, -0.15) is 0 Å². The number of hydrogen-bond donors (Lipinski definition) is 3. The van der Waals surface area contributed by atoms with Crippen molar-refractivity contribution in [1.82, 2.24) is 20.5 Å². The first-order chi connectivity index (χ1) is 12.6. The molecule has 1 aromatic heterocycles. The molecule has 2 aromatic rings. The molecule has 0 radical (unpaired) electrons. The van der Waals surface area contributed by atoms with Crippen molar-refractivity contribution >= 4 is 16.9 Å². The quantitative estimate of drug-likeness (QED) is 0.502. The minimum atomic E-state index is -0.212. The van der Waals surface area contributed by atoms with Crippen molar-refractivity contribution in [1.29, 1.82) is 0 Å². The number of aromatic nitrogens is 1. The van der Waals surface area contributed by atoms with Crippen LogP contribution in [-0.2, 0) is 6.42 Å². The van der Waals surface area contributed by atoms with Crippen LogP contribution < -0.4 is 10.6 Å². The van der Waals surface area contributed by atoms with E-state index in [0.29, 0.717) is 6.04 Å². The maximum Gasteiger partial charge on any atom is 0.191 e. The van der Waals surface area contributed by atoms with Gasteiger partial charge >= 0.3 is 0 Å². The molecule has 1 aliphatic rings. The normalized spacial score (nSPS) is 16.3. The molecule has 1 saturated carbocycles. The Morgan fingerprint density at radius 3 is 2.92 bits per heavy atom. The summed E-state index contributed by atoms with van der Waals surface area (Å²) in [6, 6.07) is 6.08. The largest absolute Gasteiger partial charge is 0.361 e. The van der Waals surface area contributed by atoms with Gasteiger partial charge < -0.3 is 15.6 Å². The van der Waals surface area contributed by atoms with Gasteiger partial charge in [0.25, 0.3) is 0 Å². The number of guanidine groups is 1. The zero-order valence-electron chi connectivity index (χ0n) is 16.0. The Morgan fingerprint density at radius 2 is 2.19 bits per heavy atom.